The fraction of sp³-hybridized carbons (Fsp3) is 0. The molecule has 10 rings (SSSR count). The molecule has 10 aromatic rings. The lowest BCUT2D eigenvalue weighted by Crippen LogP contribution is -2.01. The molecule has 0 N–H and O–H groups in total. The first-order valence-corrected chi connectivity index (χ1v) is 15.8. The molecule has 218 valence electrons. The molecule has 0 unspecified atom stereocenters. The summed E-state index contributed by atoms with van der Waals surface area (Å²) in [7, 11) is 0. The molecule has 3 aromatic heterocycles. The maximum absolute atomic E-state index is 10.5. The minimum Gasteiger partial charge on any atom is -0.456 e. The van der Waals surface area contributed by atoms with Gasteiger partial charge in [0.25, 0.3) is 0 Å². The molecule has 4 nitrogen and oxygen atoms in total. The van der Waals surface area contributed by atoms with E-state index in [0.29, 0.717) is 5.56 Å². The van der Waals surface area contributed by atoms with E-state index in [0.717, 1.165) is 66.2 Å². The highest BCUT2D eigenvalue weighted by atomic mass is 16.3. The highest BCUT2D eigenvalue weighted by Gasteiger charge is 2.21. The fourth-order valence-electron chi connectivity index (χ4n) is 7.54. The third kappa shape index (κ3) is 3.63. The first-order chi connectivity index (χ1) is 23.3. The summed E-state index contributed by atoms with van der Waals surface area (Å²) in [5.74, 6) is 0. The second-order valence-corrected chi connectivity index (χ2v) is 12.0. The van der Waals surface area contributed by atoms with Gasteiger partial charge in [0.15, 0.2) is 0 Å². The van der Waals surface area contributed by atoms with E-state index < -0.39 is 0 Å². The average molecular weight is 600 g/mol. The van der Waals surface area contributed by atoms with Crippen molar-refractivity contribution in [3.05, 3.63) is 157 Å². The van der Waals surface area contributed by atoms with Crippen molar-refractivity contribution in [3.8, 4) is 28.6 Å². The molecule has 4 heteroatoms. The lowest BCUT2D eigenvalue weighted by atomic mass is 9.98. The molecule has 0 aliphatic heterocycles. The van der Waals surface area contributed by atoms with Gasteiger partial charge >= 0.3 is 0 Å². The lowest BCUT2D eigenvalue weighted by Gasteiger charge is -2.16. The van der Waals surface area contributed by atoms with Gasteiger partial charge in [0, 0.05) is 43.6 Å². The number of fused-ring (bicyclic) bond motifs is 9. The van der Waals surface area contributed by atoms with Crippen LogP contribution in [0.4, 0.5) is 0 Å². The van der Waals surface area contributed by atoms with Gasteiger partial charge in [-0.05, 0) is 66.2 Å². The number of furan rings is 1. The zero-order valence-electron chi connectivity index (χ0n) is 25.2. The second-order valence-electron chi connectivity index (χ2n) is 12.0. The van der Waals surface area contributed by atoms with Crippen LogP contribution in [0.15, 0.2) is 156 Å². The molecule has 0 amide bonds. The van der Waals surface area contributed by atoms with Crippen molar-refractivity contribution in [1.29, 1.82) is 5.26 Å². The third-order valence-corrected chi connectivity index (χ3v) is 9.56. The number of nitriles is 1. The van der Waals surface area contributed by atoms with Crippen LogP contribution < -0.4 is 0 Å². The number of aromatic nitrogens is 2. The summed E-state index contributed by atoms with van der Waals surface area (Å²) in [6.45, 7) is 0. The Labute approximate surface area is 269 Å². The van der Waals surface area contributed by atoms with Crippen molar-refractivity contribution < 1.29 is 4.42 Å². The highest BCUT2D eigenvalue weighted by molar-refractivity contribution is 6.13. The number of nitrogens with zero attached hydrogens (tertiary/aromatic N) is 3. The monoisotopic (exact) mass is 599 g/mol. The smallest absolute Gasteiger partial charge is 0.135 e. The number of para-hydroxylation sites is 5. The van der Waals surface area contributed by atoms with Gasteiger partial charge < -0.3 is 13.6 Å². The Bertz CT molecular complexity index is 2880. The maximum Gasteiger partial charge on any atom is 0.135 e. The van der Waals surface area contributed by atoms with Crippen LogP contribution in [0.3, 0.4) is 0 Å². The first-order valence-electron chi connectivity index (χ1n) is 15.8. The molecule has 47 heavy (non-hydrogen) atoms. The molecule has 7 aromatic carbocycles. The van der Waals surface area contributed by atoms with Crippen LogP contribution >= 0.6 is 0 Å². The predicted molar refractivity (Wildman–Crippen MR) is 193 cm³/mol. The van der Waals surface area contributed by atoms with E-state index in [-0.39, 0.29) is 0 Å². The van der Waals surface area contributed by atoms with Crippen LogP contribution in [-0.2, 0) is 0 Å². The SMILES string of the molecule is N#Cc1cccc(-c2ccc3oc4ccccc4c3c2)c1-n1c2ccccc2c2cc(-n3c4ccccc4c4ccccc43)ccc21. The van der Waals surface area contributed by atoms with E-state index in [4.69, 9.17) is 4.42 Å². The Morgan fingerprint density at radius 3 is 1.77 bits per heavy atom. The Hall–Kier alpha value is -6.57. The van der Waals surface area contributed by atoms with Crippen LogP contribution in [0.2, 0.25) is 0 Å². The fourth-order valence-corrected chi connectivity index (χ4v) is 7.54. The molecule has 0 radical (unpaired) electrons. The quantitative estimate of drug-likeness (QED) is 0.203. The van der Waals surface area contributed by atoms with Crippen molar-refractivity contribution in [2.24, 2.45) is 0 Å². The van der Waals surface area contributed by atoms with Crippen LogP contribution in [0.25, 0.3) is 88.1 Å². The molecule has 0 aliphatic carbocycles. The molecule has 0 saturated heterocycles. The molecule has 0 fully saturated rings. The molecule has 0 bridgehead atoms. The topological polar surface area (TPSA) is 46.8 Å². The van der Waals surface area contributed by atoms with Crippen LogP contribution in [-0.4, -0.2) is 9.13 Å². The van der Waals surface area contributed by atoms with Crippen LogP contribution in [0, 0.1) is 11.3 Å². The first kappa shape index (κ1) is 25.7. The summed E-state index contributed by atoms with van der Waals surface area (Å²) < 4.78 is 10.8. The standard InChI is InChI=1S/C43H25N3O/c44-26-28-10-9-15-30(27-20-23-42-36(24-27)34-14-4-8-19-41(34)47-42)43(28)46-39-18-7-3-13-33(39)35-25-29(21-22-40(35)46)45-37-16-5-1-11-31(37)32-12-2-6-17-38(32)45/h1-25H. The molecule has 3 heterocycles. The van der Waals surface area contributed by atoms with Crippen LogP contribution in [0.5, 0.6) is 0 Å². The van der Waals surface area contributed by atoms with Crippen molar-refractivity contribution in [2.75, 3.05) is 0 Å². The van der Waals surface area contributed by atoms with E-state index in [2.05, 4.69) is 130 Å². The average Bonchev–Trinajstić information content (AvgIpc) is 3.78. The van der Waals surface area contributed by atoms with E-state index in [1.807, 2.05) is 36.4 Å². The number of hydrogen-bond acceptors (Lipinski definition) is 2. The van der Waals surface area contributed by atoms with Crippen molar-refractivity contribution in [2.45, 2.75) is 0 Å². The summed E-state index contributed by atoms with van der Waals surface area (Å²) >= 11 is 0. The number of rotatable bonds is 3. The molecular formula is C43H25N3O. The van der Waals surface area contributed by atoms with Gasteiger partial charge in [-0.25, -0.2) is 0 Å². The highest BCUT2D eigenvalue weighted by Crippen LogP contribution is 2.41. The number of hydrogen-bond donors (Lipinski definition) is 0. The van der Waals surface area contributed by atoms with E-state index in [1.54, 1.807) is 0 Å². The van der Waals surface area contributed by atoms with Gasteiger partial charge in [-0.2, -0.15) is 5.26 Å². The summed E-state index contributed by atoms with van der Waals surface area (Å²) in [6.07, 6.45) is 0. The van der Waals surface area contributed by atoms with Gasteiger partial charge in [0.05, 0.1) is 33.3 Å². The Balaban J connectivity index is 1.26. The van der Waals surface area contributed by atoms with Crippen molar-refractivity contribution in [3.63, 3.8) is 0 Å². The zero-order valence-corrected chi connectivity index (χ0v) is 25.2. The Morgan fingerprint density at radius 1 is 0.447 bits per heavy atom. The van der Waals surface area contributed by atoms with Crippen molar-refractivity contribution >= 4 is 65.6 Å². The lowest BCUT2D eigenvalue weighted by molar-refractivity contribution is 0.669. The number of benzene rings is 7. The minimum atomic E-state index is 0.619. The van der Waals surface area contributed by atoms with Gasteiger partial charge in [0.2, 0.25) is 0 Å². The largest absolute Gasteiger partial charge is 0.456 e. The third-order valence-electron chi connectivity index (χ3n) is 9.56. The van der Waals surface area contributed by atoms with E-state index >= 15 is 0 Å². The normalized spacial score (nSPS) is 11.8. The summed E-state index contributed by atoms with van der Waals surface area (Å²) in [5, 5.41) is 17.4. The second kappa shape index (κ2) is 9.71. The maximum atomic E-state index is 10.5. The molecule has 0 atom stereocenters. The van der Waals surface area contributed by atoms with Gasteiger partial charge in [-0.15, -0.1) is 0 Å². The zero-order chi connectivity index (χ0) is 31.1. The van der Waals surface area contributed by atoms with E-state index in [9.17, 15) is 5.26 Å². The van der Waals surface area contributed by atoms with Gasteiger partial charge in [-0.3, -0.25) is 0 Å². The molecule has 0 saturated carbocycles. The molecule has 0 aliphatic rings. The summed E-state index contributed by atoms with van der Waals surface area (Å²) in [5.41, 5.74) is 10.8. The van der Waals surface area contributed by atoms with E-state index in [1.165, 1.54) is 21.8 Å². The predicted octanol–water partition coefficient (Wildman–Crippen LogP) is 11.3. The van der Waals surface area contributed by atoms with Crippen LogP contribution in [0.1, 0.15) is 5.56 Å². The molecule has 0 spiro atoms. The summed E-state index contributed by atoms with van der Waals surface area (Å²) in [6, 6.07) is 55.4. The molecular weight excluding hydrogens is 574 g/mol. The van der Waals surface area contributed by atoms with Gasteiger partial charge in [0.1, 0.15) is 17.2 Å². The summed E-state index contributed by atoms with van der Waals surface area (Å²) in [4.78, 5) is 0. The minimum absolute atomic E-state index is 0.619. The Kier molecular flexibility index (Phi) is 5.32. The Morgan fingerprint density at radius 2 is 1.04 bits per heavy atom. The van der Waals surface area contributed by atoms with Crippen molar-refractivity contribution in [1.82, 2.24) is 9.13 Å². The van der Waals surface area contributed by atoms with Gasteiger partial charge in [-0.1, -0.05) is 91.0 Å².